The number of hydrogen-bond acceptors (Lipinski definition) is 4. The van der Waals surface area contributed by atoms with Gasteiger partial charge in [-0.25, -0.2) is 0 Å². The summed E-state index contributed by atoms with van der Waals surface area (Å²) in [5.41, 5.74) is 1.30. The fraction of sp³-hybridized carbons (Fsp3) is 0.0833. The van der Waals surface area contributed by atoms with E-state index < -0.39 is 4.92 Å². The first kappa shape index (κ1) is 11.1. The van der Waals surface area contributed by atoms with Gasteiger partial charge in [-0.05, 0) is 12.1 Å². The summed E-state index contributed by atoms with van der Waals surface area (Å²) in [6, 6.07) is 9.82. The van der Waals surface area contributed by atoms with E-state index in [4.69, 9.17) is 4.74 Å². The van der Waals surface area contributed by atoms with Gasteiger partial charge >= 0.3 is 0 Å². The minimum absolute atomic E-state index is 0.0372. The van der Waals surface area contributed by atoms with Gasteiger partial charge in [0.15, 0.2) is 0 Å². The Hall–Kier alpha value is -2.43. The van der Waals surface area contributed by atoms with Crippen molar-refractivity contribution in [3.05, 3.63) is 52.7 Å². The molecule has 0 fully saturated rings. The van der Waals surface area contributed by atoms with Crippen LogP contribution in [-0.4, -0.2) is 17.0 Å². The molecule has 0 aliphatic heterocycles. The van der Waals surface area contributed by atoms with E-state index in [1.165, 1.54) is 19.2 Å². The normalized spacial score (nSPS) is 9.94. The van der Waals surface area contributed by atoms with Crippen LogP contribution in [0.1, 0.15) is 0 Å². The first-order valence-corrected chi connectivity index (χ1v) is 4.96. The standard InChI is InChI=1S/C12H10N2O3/c1-17-11-6-3-7-13-12(11)9-4-2-5-10(8-9)14(15)16/h2-8H,1H3. The summed E-state index contributed by atoms with van der Waals surface area (Å²) in [4.78, 5) is 14.4. The van der Waals surface area contributed by atoms with Crippen LogP contribution in [0.3, 0.4) is 0 Å². The fourth-order valence-corrected chi connectivity index (χ4v) is 1.54. The summed E-state index contributed by atoms with van der Waals surface area (Å²) in [5.74, 6) is 0.591. The maximum absolute atomic E-state index is 10.7. The summed E-state index contributed by atoms with van der Waals surface area (Å²) >= 11 is 0. The van der Waals surface area contributed by atoms with Crippen LogP contribution >= 0.6 is 0 Å². The number of nitro groups is 1. The Kier molecular flexibility index (Phi) is 3.00. The molecule has 0 bridgehead atoms. The lowest BCUT2D eigenvalue weighted by atomic mass is 10.1. The SMILES string of the molecule is COc1cccnc1-c1cccc([N+](=O)[O-])c1. The number of benzene rings is 1. The zero-order valence-corrected chi connectivity index (χ0v) is 9.16. The third-order valence-electron chi connectivity index (χ3n) is 2.32. The lowest BCUT2D eigenvalue weighted by Gasteiger charge is -2.06. The van der Waals surface area contributed by atoms with Crippen molar-refractivity contribution in [2.45, 2.75) is 0 Å². The molecule has 0 atom stereocenters. The second-order valence-electron chi connectivity index (χ2n) is 3.36. The minimum Gasteiger partial charge on any atom is -0.494 e. The van der Waals surface area contributed by atoms with Gasteiger partial charge in [-0.3, -0.25) is 15.1 Å². The number of nitrogens with zero attached hydrogens (tertiary/aromatic N) is 2. The van der Waals surface area contributed by atoms with Gasteiger partial charge in [-0.15, -0.1) is 0 Å². The molecular weight excluding hydrogens is 220 g/mol. The first-order valence-electron chi connectivity index (χ1n) is 4.96. The molecule has 2 aromatic rings. The lowest BCUT2D eigenvalue weighted by molar-refractivity contribution is -0.384. The van der Waals surface area contributed by atoms with Gasteiger partial charge in [0.2, 0.25) is 0 Å². The highest BCUT2D eigenvalue weighted by atomic mass is 16.6. The van der Waals surface area contributed by atoms with Crippen LogP contribution in [0.25, 0.3) is 11.3 Å². The lowest BCUT2D eigenvalue weighted by Crippen LogP contribution is -1.92. The Morgan fingerprint density at radius 3 is 2.82 bits per heavy atom. The minimum atomic E-state index is -0.432. The molecule has 0 aliphatic rings. The van der Waals surface area contributed by atoms with Gasteiger partial charge in [0, 0.05) is 23.9 Å². The number of non-ortho nitro benzene ring substituents is 1. The second kappa shape index (κ2) is 4.61. The number of hydrogen-bond donors (Lipinski definition) is 0. The molecule has 0 unspecified atom stereocenters. The predicted molar refractivity (Wildman–Crippen MR) is 62.9 cm³/mol. The number of ether oxygens (including phenoxy) is 1. The van der Waals surface area contributed by atoms with Crippen LogP contribution in [0.5, 0.6) is 5.75 Å². The molecular formula is C12H10N2O3. The molecule has 0 spiro atoms. The van der Waals surface area contributed by atoms with Crippen molar-refractivity contribution in [1.29, 1.82) is 0 Å². The predicted octanol–water partition coefficient (Wildman–Crippen LogP) is 2.67. The number of aromatic nitrogens is 1. The van der Waals surface area contributed by atoms with Crippen LogP contribution in [0, 0.1) is 10.1 Å². The van der Waals surface area contributed by atoms with E-state index in [1.54, 1.807) is 30.5 Å². The van der Waals surface area contributed by atoms with Gasteiger partial charge in [0.1, 0.15) is 11.4 Å². The molecule has 0 N–H and O–H groups in total. The highest BCUT2D eigenvalue weighted by molar-refractivity contribution is 5.68. The van der Waals surface area contributed by atoms with Crippen LogP contribution in [-0.2, 0) is 0 Å². The fourth-order valence-electron chi connectivity index (χ4n) is 1.54. The quantitative estimate of drug-likeness (QED) is 0.600. The van der Waals surface area contributed by atoms with E-state index in [2.05, 4.69) is 4.98 Å². The average molecular weight is 230 g/mol. The number of nitro benzene ring substituents is 1. The zero-order valence-electron chi connectivity index (χ0n) is 9.16. The van der Waals surface area contributed by atoms with Crippen molar-refractivity contribution in [2.75, 3.05) is 7.11 Å². The van der Waals surface area contributed by atoms with Crippen LogP contribution in [0.2, 0.25) is 0 Å². The number of pyridine rings is 1. The van der Waals surface area contributed by atoms with E-state index in [1.807, 2.05) is 0 Å². The Bertz CT molecular complexity index is 555. The molecule has 17 heavy (non-hydrogen) atoms. The highest BCUT2D eigenvalue weighted by Gasteiger charge is 2.11. The topological polar surface area (TPSA) is 65.3 Å². The summed E-state index contributed by atoms with van der Waals surface area (Å²) in [7, 11) is 1.54. The molecule has 1 heterocycles. The van der Waals surface area contributed by atoms with E-state index in [0.29, 0.717) is 17.0 Å². The maximum atomic E-state index is 10.7. The summed E-state index contributed by atoms with van der Waals surface area (Å²) in [6.45, 7) is 0. The third kappa shape index (κ3) is 2.23. The molecule has 5 heteroatoms. The first-order chi connectivity index (χ1) is 8.22. The second-order valence-corrected chi connectivity index (χ2v) is 3.36. The van der Waals surface area contributed by atoms with Crippen molar-refractivity contribution in [3.63, 3.8) is 0 Å². The third-order valence-corrected chi connectivity index (χ3v) is 2.32. The largest absolute Gasteiger partial charge is 0.494 e. The van der Waals surface area contributed by atoms with E-state index >= 15 is 0 Å². The Morgan fingerprint density at radius 2 is 2.12 bits per heavy atom. The van der Waals surface area contributed by atoms with Crippen LogP contribution in [0.4, 0.5) is 5.69 Å². The summed E-state index contributed by atoms with van der Waals surface area (Å²) in [5, 5.41) is 10.7. The molecule has 1 aromatic heterocycles. The molecule has 0 saturated heterocycles. The van der Waals surface area contributed by atoms with Gasteiger partial charge < -0.3 is 4.74 Å². The monoisotopic (exact) mass is 230 g/mol. The molecule has 0 aliphatic carbocycles. The van der Waals surface area contributed by atoms with Gasteiger partial charge in [0.05, 0.1) is 12.0 Å². The van der Waals surface area contributed by atoms with E-state index in [9.17, 15) is 10.1 Å². The van der Waals surface area contributed by atoms with Crippen molar-refractivity contribution in [1.82, 2.24) is 4.98 Å². The zero-order chi connectivity index (χ0) is 12.3. The van der Waals surface area contributed by atoms with E-state index in [0.717, 1.165) is 0 Å². The van der Waals surface area contributed by atoms with E-state index in [-0.39, 0.29) is 5.69 Å². The number of rotatable bonds is 3. The Balaban J connectivity index is 2.52. The molecule has 0 radical (unpaired) electrons. The van der Waals surface area contributed by atoms with Gasteiger partial charge in [-0.1, -0.05) is 12.1 Å². The molecule has 0 saturated carbocycles. The number of methoxy groups -OCH3 is 1. The van der Waals surface area contributed by atoms with Crippen molar-refractivity contribution in [2.24, 2.45) is 0 Å². The highest BCUT2D eigenvalue weighted by Crippen LogP contribution is 2.29. The molecule has 86 valence electrons. The van der Waals surface area contributed by atoms with Gasteiger partial charge in [0.25, 0.3) is 5.69 Å². The van der Waals surface area contributed by atoms with Crippen molar-refractivity contribution in [3.8, 4) is 17.0 Å². The van der Waals surface area contributed by atoms with Crippen LogP contribution < -0.4 is 4.74 Å². The average Bonchev–Trinajstić information content (AvgIpc) is 2.39. The Morgan fingerprint density at radius 1 is 1.29 bits per heavy atom. The van der Waals surface area contributed by atoms with Crippen LogP contribution in [0.15, 0.2) is 42.6 Å². The molecule has 1 aromatic carbocycles. The smallest absolute Gasteiger partial charge is 0.270 e. The Labute approximate surface area is 97.8 Å². The summed E-state index contributed by atoms with van der Waals surface area (Å²) in [6.07, 6.45) is 1.62. The maximum Gasteiger partial charge on any atom is 0.270 e. The van der Waals surface area contributed by atoms with Crippen molar-refractivity contribution < 1.29 is 9.66 Å². The van der Waals surface area contributed by atoms with Crippen molar-refractivity contribution >= 4 is 5.69 Å². The molecule has 2 rings (SSSR count). The molecule has 5 nitrogen and oxygen atoms in total. The van der Waals surface area contributed by atoms with Gasteiger partial charge in [-0.2, -0.15) is 0 Å². The summed E-state index contributed by atoms with van der Waals surface area (Å²) < 4.78 is 5.17. The molecule has 0 amide bonds.